The topological polar surface area (TPSA) is 52.6 Å². The second-order valence-corrected chi connectivity index (χ2v) is 6.32. The number of carbonyl (C=O) groups excluding carboxylic acids is 2. The number of hydrogen-bond acceptors (Lipinski definition) is 4. The molecule has 0 aliphatic heterocycles. The van der Waals surface area contributed by atoms with Crippen LogP contribution in [-0.2, 0) is 9.53 Å². The van der Waals surface area contributed by atoms with Crippen molar-refractivity contribution in [2.75, 3.05) is 13.7 Å². The molecule has 1 aromatic rings. The van der Waals surface area contributed by atoms with Gasteiger partial charge in [-0.25, -0.2) is 0 Å². The van der Waals surface area contributed by atoms with Crippen LogP contribution in [0.25, 0.3) is 0 Å². The van der Waals surface area contributed by atoms with E-state index in [2.05, 4.69) is 0 Å². The predicted octanol–water partition coefficient (Wildman–Crippen LogP) is 3.85. The molecule has 0 spiro atoms. The summed E-state index contributed by atoms with van der Waals surface area (Å²) in [6.07, 6.45) is 0.335. The first kappa shape index (κ1) is 18.5. The lowest BCUT2D eigenvalue weighted by atomic mass is 9.82. The summed E-state index contributed by atoms with van der Waals surface area (Å²) in [5.41, 5.74) is 0.0273. The van der Waals surface area contributed by atoms with E-state index in [1.165, 1.54) is 0 Å². The van der Waals surface area contributed by atoms with Gasteiger partial charge in [0, 0.05) is 17.4 Å². The molecule has 0 aliphatic carbocycles. The van der Waals surface area contributed by atoms with Crippen molar-refractivity contribution in [3.05, 3.63) is 29.8 Å². The Hall–Kier alpha value is -1.55. The summed E-state index contributed by atoms with van der Waals surface area (Å²) in [5, 5.41) is -0.462. The largest absolute Gasteiger partial charge is 0.497 e. The summed E-state index contributed by atoms with van der Waals surface area (Å²) in [6.45, 7) is 5.82. The molecule has 0 N–H and O–H groups in total. The monoisotopic (exact) mass is 326 g/mol. The number of rotatable bonds is 8. The minimum absolute atomic E-state index is 0.0733. The van der Waals surface area contributed by atoms with Gasteiger partial charge >= 0.3 is 5.97 Å². The van der Waals surface area contributed by atoms with Gasteiger partial charge in [-0.2, -0.15) is 0 Å². The standard InChI is InChI=1S/C17H23ClO4/c1-5-22-16(20)11-17(2,3)15(18)10-14(19)12-7-6-8-13(9-12)21-4/h6-9,15H,5,10-11H2,1-4H3. The molecule has 1 rings (SSSR count). The van der Waals surface area contributed by atoms with Crippen molar-refractivity contribution >= 4 is 23.4 Å². The molecule has 5 heteroatoms. The maximum atomic E-state index is 12.3. The highest BCUT2D eigenvalue weighted by molar-refractivity contribution is 6.23. The summed E-state index contributed by atoms with van der Waals surface area (Å²) < 4.78 is 10.1. The van der Waals surface area contributed by atoms with Crippen LogP contribution < -0.4 is 4.74 Å². The minimum atomic E-state index is -0.525. The average molecular weight is 327 g/mol. The highest BCUT2D eigenvalue weighted by Gasteiger charge is 2.32. The number of halogens is 1. The Kier molecular flexibility index (Phi) is 6.88. The lowest BCUT2D eigenvalue weighted by molar-refractivity contribution is -0.145. The molecule has 0 amide bonds. The molecule has 0 aliphatic rings. The number of methoxy groups -OCH3 is 1. The molecule has 0 saturated carbocycles. The summed E-state index contributed by atoms with van der Waals surface area (Å²) in [7, 11) is 1.55. The van der Waals surface area contributed by atoms with Gasteiger partial charge in [0.25, 0.3) is 0 Å². The Morgan fingerprint density at radius 2 is 2.00 bits per heavy atom. The zero-order chi connectivity index (χ0) is 16.8. The van der Waals surface area contributed by atoms with Crippen LogP contribution in [0.3, 0.4) is 0 Å². The maximum Gasteiger partial charge on any atom is 0.306 e. The van der Waals surface area contributed by atoms with Crippen LogP contribution in [0.15, 0.2) is 24.3 Å². The lowest BCUT2D eigenvalue weighted by Crippen LogP contribution is -2.30. The first-order valence-electron chi connectivity index (χ1n) is 7.27. The fourth-order valence-corrected chi connectivity index (χ4v) is 2.27. The van der Waals surface area contributed by atoms with Crippen LogP contribution in [0, 0.1) is 5.41 Å². The van der Waals surface area contributed by atoms with Crippen molar-refractivity contribution in [3.63, 3.8) is 0 Å². The molecule has 0 radical (unpaired) electrons. The van der Waals surface area contributed by atoms with Crippen molar-refractivity contribution in [1.29, 1.82) is 0 Å². The Morgan fingerprint density at radius 1 is 1.32 bits per heavy atom. The van der Waals surface area contributed by atoms with Crippen LogP contribution in [0.2, 0.25) is 0 Å². The zero-order valence-corrected chi connectivity index (χ0v) is 14.3. The summed E-state index contributed by atoms with van der Waals surface area (Å²) in [4.78, 5) is 23.9. The molecule has 1 unspecified atom stereocenters. The van der Waals surface area contributed by atoms with Gasteiger partial charge in [0.05, 0.1) is 20.1 Å². The third kappa shape index (κ3) is 5.34. The van der Waals surface area contributed by atoms with Gasteiger partial charge in [-0.15, -0.1) is 11.6 Å². The summed E-state index contributed by atoms with van der Waals surface area (Å²) >= 11 is 6.38. The first-order valence-corrected chi connectivity index (χ1v) is 7.70. The number of ketones is 1. The highest BCUT2D eigenvalue weighted by Crippen LogP contribution is 2.33. The molecule has 0 fully saturated rings. The van der Waals surface area contributed by atoms with E-state index in [1.54, 1.807) is 38.3 Å². The van der Waals surface area contributed by atoms with Gasteiger partial charge in [0.15, 0.2) is 5.78 Å². The van der Waals surface area contributed by atoms with Crippen LogP contribution in [0.5, 0.6) is 5.75 Å². The van der Waals surface area contributed by atoms with Crippen molar-refractivity contribution in [3.8, 4) is 5.75 Å². The third-order valence-electron chi connectivity index (χ3n) is 3.51. The van der Waals surface area contributed by atoms with Gasteiger partial charge < -0.3 is 9.47 Å². The van der Waals surface area contributed by atoms with Gasteiger partial charge in [0.2, 0.25) is 0 Å². The molecule has 1 aromatic carbocycles. The normalized spacial score (nSPS) is 12.6. The van der Waals surface area contributed by atoms with Gasteiger partial charge in [-0.05, 0) is 24.5 Å². The molecular formula is C17H23ClO4. The van der Waals surface area contributed by atoms with E-state index in [0.717, 1.165) is 0 Å². The van der Waals surface area contributed by atoms with Gasteiger partial charge in [-0.1, -0.05) is 26.0 Å². The number of ether oxygens (including phenoxy) is 2. The highest BCUT2D eigenvalue weighted by atomic mass is 35.5. The summed E-state index contributed by atoms with van der Waals surface area (Å²) in [5.74, 6) is 0.255. The van der Waals surface area contributed by atoms with Crippen molar-refractivity contribution in [1.82, 2.24) is 0 Å². The molecule has 0 heterocycles. The Morgan fingerprint density at radius 3 is 2.59 bits per heavy atom. The van der Waals surface area contributed by atoms with Gasteiger partial charge in [0.1, 0.15) is 5.75 Å². The molecule has 0 saturated heterocycles. The number of hydrogen-bond donors (Lipinski definition) is 0. The van der Waals surface area contributed by atoms with E-state index in [4.69, 9.17) is 21.1 Å². The molecule has 0 aromatic heterocycles. The van der Waals surface area contributed by atoms with Crippen molar-refractivity contribution < 1.29 is 19.1 Å². The van der Waals surface area contributed by atoms with E-state index >= 15 is 0 Å². The molecule has 4 nitrogen and oxygen atoms in total. The second kappa shape index (κ2) is 8.18. The van der Waals surface area contributed by atoms with Crippen molar-refractivity contribution in [2.45, 2.75) is 39.0 Å². The maximum absolute atomic E-state index is 12.3. The Balaban J connectivity index is 2.71. The van der Waals surface area contributed by atoms with Crippen LogP contribution in [-0.4, -0.2) is 30.8 Å². The van der Waals surface area contributed by atoms with E-state index < -0.39 is 10.8 Å². The lowest BCUT2D eigenvalue weighted by Gasteiger charge is -2.28. The summed E-state index contributed by atoms with van der Waals surface area (Å²) in [6, 6.07) is 6.95. The first-order chi connectivity index (χ1) is 10.3. The minimum Gasteiger partial charge on any atom is -0.497 e. The fourth-order valence-electron chi connectivity index (χ4n) is 2.05. The molecule has 122 valence electrons. The number of benzene rings is 1. The van der Waals surface area contributed by atoms with E-state index in [1.807, 2.05) is 13.8 Å². The fraction of sp³-hybridized carbons (Fsp3) is 0.529. The molecular weight excluding hydrogens is 304 g/mol. The van der Waals surface area contributed by atoms with Crippen molar-refractivity contribution in [2.24, 2.45) is 5.41 Å². The number of esters is 1. The zero-order valence-electron chi connectivity index (χ0n) is 13.5. The van der Waals surface area contributed by atoms with Crippen LogP contribution in [0.1, 0.15) is 44.0 Å². The number of Topliss-reactive ketones (excluding diaryl/α,β-unsaturated/α-hetero) is 1. The SMILES string of the molecule is CCOC(=O)CC(C)(C)C(Cl)CC(=O)c1cccc(OC)c1. The third-order valence-corrected chi connectivity index (χ3v) is 4.25. The van der Waals surface area contributed by atoms with E-state index in [-0.39, 0.29) is 24.6 Å². The molecule has 1 atom stereocenters. The van der Waals surface area contributed by atoms with E-state index in [0.29, 0.717) is 17.9 Å². The Labute approximate surface area is 136 Å². The quantitative estimate of drug-likeness (QED) is 0.413. The number of alkyl halides is 1. The van der Waals surface area contributed by atoms with Gasteiger partial charge in [-0.3, -0.25) is 9.59 Å². The van der Waals surface area contributed by atoms with Crippen LogP contribution in [0.4, 0.5) is 0 Å². The molecule has 22 heavy (non-hydrogen) atoms. The smallest absolute Gasteiger partial charge is 0.306 e. The van der Waals surface area contributed by atoms with E-state index in [9.17, 15) is 9.59 Å². The second-order valence-electron chi connectivity index (χ2n) is 5.80. The Bertz CT molecular complexity index is 525. The number of carbonyl (C=O) groups is 2. The molecule has 0 bridgehead atoms. The van der Waals surface area contributed by atoms with Crippen LogP contribution >= 0.6 is 11.6 Å². The predicted molar refractivity (Wildman–Crippen MR) is 86.6 cm³/mol. The average Bonchev–Trinajstić information content (AvgIpc) is 2.46.